The molecule has 1 aliphatic heterocycles. The Morgan fingerprint density at radius 1 is 1.57 bits per heavy atom. The first kappa shape index (κ1) is 13.8. The molecule has 0 bridgehead atoms. The van der Waals surface area contributed by atoms with Gasteiger partial charge in [0, 0.05) is 39.4 Å². The Bertz CT molecular complexity index is 634. The first-order valence-corrected chi connectivity index (χ1v) is 6.91. The molecule has 1 atom stereocenters. The Morgan fingerprint density at radius 2 is 2.43 bits per heavy atom. The fourth-order valence-electron chi connectivity index (χ4n) is 2.62. The Kier molecular flexibility index (Phi) is 3.74. The maximum Gasteiger partial charge on any atom is 0.270 e. The van der Waals surface area contributed by atoms with Gasteiger partial charge in [-0.05, 0) is 18.6 Å². The molecule has 1 aliphatic rings. The van der Waals surface area contributed by atoms with Gasteiger partial charge in [-0.3, -0.25) is 4.79 Å². The minimum absolute atomic E-state index is 0.0469. The number of hydrogen-bond donors (Lipinski definition) is 0. The predicted octanol–water partition coefficient (Wildman–Crippen LogP) is 1.18. The van der Waals surface area contributed by atoms with Crippen molar-refractivity contribution in [2.24, 2.45) is 7.05 Å². The van der Waals surface area contributed by atoms with Crippen LogP contribution < -0.4 is 0 Å². The number of rotatable bonds is 4. The van der Waals surface area contributed by atoms with Gasteiger partial charge in [-0.2, -0.15) is 4.98 Å². The van der Waals surface area contributed by atoms with E-state index >= 15 is 0 Å². The van der Waals surface area contributed by atoms with E-state index in [9.17, 15) is 4.79 Å². The second-order valence-electron chi connectivity index (χ2n) is 5.22. The number of amides is 1. The number of nitrogens with zero attached hydrogens (tertiary/aromatic N) is 4. The zero-order valence-electron chi connectivity index (χ0n) is 12.2. The molecule has 1 saturated heterocycles. The van der Waals surface area contributed by atoms with Crippen molar-refractivity contribution in [3.8, 4) is 0 Å². The van der Waals surface area contributed by atoms with Crippen molar-refractivity contribution < 1.29 is 14.1 Å². The van der Waals surface area contributed by atoms with Gasteiger partial charge in [0.25, 0.3) is 11.8 Å². The largest absolute Gasteiger partial charge is 0.375 e. The van der Waals surface area contributed by atoms with E-state index in [0.29, 0.717) is 37.1 Å². The smallest absolute Gasteiger partial charge is 0.270 e. The number of likely N-dealkylation sites (tertiary alicyclic amines) is 1. The number of hydrogen-bond acceptors (Lipinski definition) is 5. The fourth-order valence-corrected chi connectivity index (χ4v) is 2.62. The molecule has 0 spiro atoms. The molecule has 1 unspecified atom stereocenters. The van der Waals surface area contributed by atoms with Crippen LogP contribution in [-0.4, -0.2) is 45.7 Å². The number of ether oxygens (including phenoxy) is 1. The van der Waals surface area contributed by atoms with Crippen molar-refractivity contribution in [2.45, 2.75) is 18.9 Å². The summed E-state index contributed by atoms with van der Waals surface area (Å²) in [5, 5.41) is 3.98. The fraction of sp³-hybridized carbons (Fsp3) is 0.500. The van der Waals surface area contributed by atoms with E-state index in [1.54, 1.807) is 7.11 Å². The summed E-state index contributed by atoms with van der Waals surface area (Å²) in [6, 6.07) is 3.71. The lowest BCUT2D eigenvalue weighted by atomic mass is 10.1. The van der Waals surface area contributed by atoms with E-state index in [-0.39, 0.29) is 11.8 Å². The first-order chi connectivity index (χ1) is 10.2. The van der Waals surface area contributed by atoms with Gasteiger partial charge in [0.15, 0.2) is 5.82 Å². The van der Waals surface area contributed by atoms with Gasteiger partial charge >= 0.3 is 0 Å². The second-order valence-corrected chi connectivity index (χ2v) is 5.22. The molecule has 7 heteroatoms. The standard InChI is InChI=1S/C14H18N4O3/c1-17-6-3-4-11(17)14(19)18-7-5-10(8-18)13-15-12(9-20-2)21-16-13/h3-4,6,10H,5,7-9H2,1-2H3. The number of aromatic nitrogens is 3. The quantitative estimate of drug-likeness (QED) is 0.845. The maximum atomic E-state index is 12.4. The summed E-state index contributed by atoms with van der Waals surface area (Å²) in [5.41, 5.74) is 0.698. The molecule has 3 heterocycles. The topological polar surface area (TPSA) is 73.4 Å². The van der Waals surface area contributed by atoms with Crippen LogP contribution in [0.2, 0.25) is 0 Å². The molecule has 1 fully saturated rings. The minimum atomic E-state index is 0.0469. The van der Waals surface area contributed by atoms with Crippen molar-refractivity contribution in [2.75, 3.05) is 20.2 Å². The summed E-state index contributed by atoms with van der Waals surface area (Å²) in [6.07, 6.45) is 2.72. The summed E-state index contributed by atoms with van der Waals surface area (Å²) in [4.78, 5) is 18.6. The Morgan fingerprint density at radius 3 is 3.14 bits per heavy atom. The highest BCUT2D eigenvalue weighted by molar-refractivity contribution is 5.93. The van der Waals surface area contributed by atoms with Crippen LogP contribution in [0.3, 0.4) is 0 Å². The van der Waals surface area contributed by atoms with E-state index in [1.807, 2.05) is 34.8 Å². The third kappa shape index (κ3) is 2.69. The third-order valence-electron chi connectivity index (χ3n) is 3.76. The van der Waals surface area contributed by atoms with Crippen LogP contribution in [-0.2, 0) is 18.4 Å². The summed E-state index contributed by atoms with van der Waals surface area (Å²) in [5.74, 6) is 1.30. The molecule has 1 amide bonds. The lowest BCUT2D eigenvalue weighted by molar-refractivity contribution is 0.0781. The molecular formula is C14H18N4O3. The van der Waals surface area contributed by atoms with E-state index in [4.69, 9.17) is 9.26 Å². The lowest BCUT2D eigenvalue weighted by Crippen LogP contribution is -2.30. The van der Waals surface area contributed by atoms with Crippen molar-refractivity contribution in [1.82, 2.24) is 19.6 Å². The number of methoxy groups -OCH3 is 1. The Hall–Kier alpha value is -2.15. The van der Waals surface area contributed by atoms with E-state index < -0.39 is 0 Å². The minimum Gasteiger partial charge on any atom is -0.375 e. The van der Waals surface area contributed by atoms with Gasteiger partial charge in [0.2, 0.25) is 0 Å². The van der Waals surface area contributed by atoms with Crippen LogP contribution in [0, 0.1) is 0 Å². The summed E-state index contributed by atoms with van der Waals surface area (Å²) in [7, 11) is 3.46. The van der Waals surface area contributed by atoms with E-state index in [1.165, 1.54) is 0 Å². The molecule has 0 aromatic carbocycles. The van der Waals surface area contributed by atoms with Crippen LogP contribution in [0.25, 0.3) is 0 Å². The van der Waals surface area contributed by atoms with Crippen LogP contribution >= 0.6 is 0 Å². The molecule has 0 N–H and O–H groups in total. The molecule has 2 aromatic rings. The van der Waals surface area contributed by atoms with Crippen molar-refractivity contribution in [3.63, 3.8) is 0 Å². The molecule has 0 radical (unpaired) electrons. The first-order valence-electron chi connectivity index (χ1n) is 6.91. The van der Waals surface area contributed by atoms with E-state index in [2.05, 4.69) is 10.1 Å². The highest BCUT2D eigenvalue weighted by Crippen LogP contribution is 2.26. The molecule has 0 saturated carbocycles. The monoisotopic (exact) mass is 290 g/mol. The normalized spacial score (nSPS) is 18.4. The van der Waals surface area contributed by atoms with Gasteiger partial charge in [-0.25, -0.2) is 0 Å². The molecule has 0 aliphatic carbocycles. The molecule has 3 rings (SSSR count). The van der Waals surface area contributed by atoms with Crippen LogP contribution in [0.15, 0.2) is 22.9 Å². The molecule has 2 aromatic heterocycles. The van der Waals surface area contributed by atoms with Gasteiger partial charge in [0.05, 0.1) is 0 Å². The highest BCUT2D eigenvalue weighted by atomic mass is 16.5. The Balaban J connectivity index is 1.67. The molecule has 112 valence electrons. The molecule has 7 nitrogen and oxygen atoms in total. The average Bonchev–Trinajstić information content (AvgIpc) is 3.17. The van der Waals surface area contributed by atoms with Crippen LogP contribution in [0.4, 0.5) is 0 Å². The van der Waals surface area contributed by atoms with Crippen LogP contribution in [0.1, 0.15) is 34.5 Å². The van der Waals surface area contributed by atoms with Gasteiger partial charge in [0.1, 0.15) is 12.3 Å². The van der Waals surface area contributed by atoms with Crippen LogP contribution in [0.5, 0.6) is 0 Å². The predicted molar refractivity (Wildman–Crippen MR) is 73.7 cm³/mol. The second kappa shape index (κ2) is 5.69. The number of aryl methyl sites for hydroxylation is 1. The zero-order chi connectivity index (χ0) is 14.8. The highest BCUT2D eigenvalue weighted by Gasteiger charge is 2.31. The zero-order valence-corrected chi connectivity index (χ0v) is 12.2. The van der Waals surface area contributed by atoms with Gasteiger partial charge in [-0.15, -0.1) is 0 Å². The van der Waals surface area contributed by atoms with Gasteiger partial charge < -0.3 is 18.7 Å². The SMILES string of the molecule is COCc1nc(C2CCN(C(=O)c3cccn3C)C2)no1. The lowest BCUT2D eigenvalue weighted by Gasteiger charge is -2.16. The van der Waals surface area contributed by atoms with Crippen molar-refractivity contribution in [3.05, 3.63) is 35.7 Å². The number of carbonyl (C=O) groups excluding carboxylic acids is 1. The number of carbonyl (C=O) groups is 1. The van der Waals surface area contributed by atoms with E-state index in [0.717, 1.165) is 6.42 Å². The summed E-state index contributed by atoms with van der Waals surface area (Å²) < 4.78 is 11.9. The van der Waals surface area contributed by atoms with Crippen molar-refractivity contribution >= 4 is 5.91 Å². The average molecular weight is 290 g/mol. The van der Waals surface area contributed by atoms with Gasteiger partial charge in [-0.1, -0.05) is 5.16 Å². The molecule has 21 heavy (non-hydrogen) atoms. The maximum absolute atomic E-state index is 12.4. The Labute approximate surface area is 122 Å². The van der Waals surface area contributed by atoms with Crippen molar-refractivity contribution in [1.29, 1.82) is 0 Å². The molecular weight excluding hydrogens is 272 g/mol. The summed E-state index contributed by atoms with van der Waals surface area (Å²) in [6.45, 7) is 1.64. The third-order valence-corrected chi connectivity index (χ3v) is 3.76. The summed E-state index contributed by atoms with van der Waals surface area (Å²) >= 11 is 0.